The number of hydrogen-bond acceptors (Lipinski definition) is 4. The molecule has 0 aromatic carbocycles. The van der Waals surface area contributed by atoms with E-state index in [9.17, 15) is 4.79 Å². The monoisotopic (exact) mass is 368 g/mol. The van der Waals surface area contributed by atoms with Gasteiger partial charge in [0.25, 0.3) is 0 Å². The van der Waals surface area contributed by atoms with Crippen LogP contribution in [-0.4, -0.2) is 29.0 Å². The Hall–Kier alpha value is -1.65. The SMILES string of the molecule is O=C(CC12CC3CC(CC(C3)C1)C2)NCc1nccc(N2CCCCC2)n1. The molecule has 0 unspecified atom stereocenters. The fourth-order valence-corrected chi connectivity index (χ4v) is 6.86. The highest BCUT2D eigenvalue weighted by Crippen LogP contribution is 2.61. The van der Waals surface area contributed by atoms with Crippen LogP contribution in [-0.2, 0) is 11.3 Å². The first-order valence-corrected chi connectivity index (χ1v) is 11.0. The molecular weight excluding hydrogens is 336 g/mol. The van der Waals surface area contributed by atoms with Gasteiger partial charge in [-0.2, -0.15) is 0 Å². The molecule has 1 aromatic rings. The van der Waals surface area contributed by atoms with Gasteiger partial charge in [-0.3, -0.25) is 4.79 Å². The Morgan fingerprint density at radius 1 is 1.07 bits per heavy atom. The second-order valence-electron chi connectivity index (χ2n) is 9.75. The van der Waals surface area contributed by atoms with Crippen LogP contribution in [0.5, 0.6) is 0 Å². The van der Waals surface area contributed by atoms with E-state index in [-0.39, 0.29) is 5.91 Å². The van der Waals surface area contributed by atoms with E-state index in [1.54, 1.807) is 0 Å². The lowest BCUT2D eigenvalue weighted by Gasteiger charge is -2.56. The maximum Gasteiger partial charge on any atom is 0.220 e. The van der Waals surface area contributed by atoms with Gasteiger partial charge in [-0.05, 0) is 87.0 Å². The average molecular weight is 369 g/mol. The van der Waals surface area contributed by atoms with Gasteiger partial charge in [0.2, 0.25) is 5.91 Å². The van der Waals surface area contributed by atoms with E-state index < -0.39 is 0 Å². The van der Waals surface area contributed by atoms with Crippen molar-refractivity contribution < 1.29 is 4.79 Å². The number of nitrogens with zero attached hydrogens (tertiary/aromatic N) is 3. The summed E-state index contributed by atoms with van der Waals surface area (Å²) in [7, 11) is 0. The molecule has 0 radical (unpaired) electrons. The second-order valence-corrected chi connectivity index (χ2v) is 9.75. The number of carbonyl (C=O) groups is 1. The molecule has 5 heteroatoms. The molecule has 1 aromatic heterocycles. The molecule has 1 saturated heterocycles. The van der Waals surface area contributed by atoms with Crippen LogP contribution in [0.25, 0.3) is 0 Å². The molecule has 4 aliphatic carbocycles. The number of nitrogens with one attached hydrogen (secondary N) is 1. The Morgan fingerprint density at radius 2 is 1.74 bits per heavy atom. The van der Waals surface area contributed by atoms with Crippen molar-refractivity contribution in [1.29, 1.82) is 0 Å². The highest BCUT2D eigenvalue weighted by Gasteiger charge is 2.51. The summed E-state index contributed by atoms with van der Waals surface area (Å²) in [5.41, 5.74) is 0.301. The number of anilines is 1. The summed E-state index contributed by atoms with van der Waals surface area (Å²) < 4.78 is 0. The minimum atomic E-state index is 0.198. The van der Waals surface area contributed by atoms with Crippen molar-refractivity contribution >= 4 is 11.7 Å². The third-order valence-electron chi connectivity index (χ3n) is 7.52. The molecule has 0 atom stereocenters. The highest BCUT2D eigenvalue weighted by molar-refractivity contribution is 5.76. The van der Waals surface area contributed by atoms with Crippen molar-refractivity contribution in [3.05, 3.63) is 18.1 Å². The summed E-state index contributed by atoms with van der Waals surface area (Å²) in [4.78, 5) is 24.1. The summed E-state index contributed by atoms with van der Waals surface area (Å²) in [6, 6.07) is 1.99. The topological polar surface area (TPSA) is 58.1 Å². The Bertz CT molecular complexity index is 662. The van der Waals surface area contributed by atoms with E-state index >= 15 is 0 Å². The van der Waals surface area contributed by atoms with Crippen molar-refractivity contribution in [2.75, 3.05) is 18.0 Å². The molecule has 1 N–H and O–H groups in total. The van der Waals surface area contributed by atoms with Gasteiger partial charge in [-0.1, -0.05) is 0 Å². The van der Waals surface area contributed by atoms with Crippen LogP contribution >= 0.6 is 0 Å². The van der Waals surface area contributed by atoms with Crippen molar-refractivity contribution in [3.63, 3.8) is 0 Å². The van der Waals surface area contributed by atoms with Crippen LogP contribution in [0.4, 0.5) is 5.82 Å². The van der Waals surface area contributed by atoms with Gasteiger partial charge in [-0.25, -0.2) is 9.97 Å². The van der Waals surface area contributed by atoms with Crippen LogP contribution in [0.2, 0.25) is 0 Å². The zero-order valence-electron chi connectivity index (χ0n) is 16.3. The van der Waals surface area contributed by atoms with Crippen molar-refractivity contribution in [2.24, 2.45) is 23.2 Å². The Balaban J connectivity index is 1.18. The molecule has 6 rings (SSSR count). The molecule has 146 valence electrons. The molecule has 4 saturated carbocycles. The van der Waals surface area contributed by atoms with Crippen molar-refractivity contribution in [1.82, 2.24) is 15.3 Å². The standard InChI is InChI=1S/C22H32N4O/c27-21(14-22-11-16-8-17(12-22)10-18(9-16)13-22)24-15-19-23-5-4-20(25-19)26-6-2-1-3-7-26/h4-5,16-18H,1-3,6-15H2,(H,24,27). The van der Waals surface area contributed by atoms with Crippen molar-refractivity contribution in [3.8, 4) is 0 Å². The predicted molar refractivity (Wildman–Crippen MR) is 105 cm³/mol. The van der Waals surface area contributed by atoms with E-state index in [1.807, 2.05) is 12.3 Å². The quantitative estimate of drug-likeness (QED) is 0.861. The van der Waals surface area contributed by atoms with Crippen LogP contribution in [0.1, 0.15) is 70.0 Å². The van der Waals surface area contributed by atoms with Gasteiger partial charge in [0.05, 0.1) is 6.54 Å². The first-order chi connectivity index (χ1) is 13.2. The highest BCUT2D eigenvalue weighted by atomic mass is 16.1. The third kappa shape index (κ3) is 3.70. The van der Waals surface area contributed by atoms with E-state index in [2.05, 4.69) is 15.2 Å². The fourth-order valence-electron chi connectivity index (χ4n) is 6.86. The minimum Gasteiger partial charge on any atom is -0.357 e. The molecule has 5 fully saturated rings. The maximum atomic E-state index is 12.7. The summed E-state index contributed by atoms with van der Waals surface area (Å²) in [6.45, 7) is 2.61. The van der Waals surface area contributed by atoms with Crippen LogP contribution in [0, 0.1) is 23.2 Å². The zero-order valence-corrected chi connectivity index (χ0v) is 16.3. The molecule has 5 aliphatic rings. The summed E-state index contributed by atoms with van der Waals surface area (Å²) >= 11 is 0. The Labute approximate surface area is 162 Å². The predicted octanol–water partition coefficient (Wildman–Crippen LogP) is 3.69. The minimum absolute atomic E-state index is 0.198. The van der Waals surface area contributed by atoms with Crippen LogP contribution in [0.15, 0.2) is 12.3 Å². The van der Waals surface area contributed by atoms with E-state index in [4.69, 9.17) is 4.98 Å². The lowest BCUT2D eigenvalue weighted by atomic mass is 9.49. The zero-order chi connectivity index (χ0) is 18.3. The Kier molecular flexibility index (Phi) is 4.57. The van der Waals surface area contributed by atoms with Gasteiger partial charge < -0.3 is 10.2 Å². The van der Waals surface area contributed by atoms with Crippen LogP contribution in [0.3, 0.4) is 0 Å². The summed E-state index contributed by atoms with van der Waals surface area (Å²) in [5, 5.41) is 3.12. The van der Waals surface area contributed by atoms with Gasteiger partial charge in [0.1, 0.15) is 11.6 Å². The van der Waals surface area contributed by atoms with E-state index in [0.717, 1.165) is 42.5 Å². The van der Waals surface area contributed by atoms with Gasteiger partial charge >= 0.3 is 0 Å². The molecular formula is C22H32N4O. The number of hydrogen-bond donors (Lipinski definition) is 1. The third-order valence-corrected chi connectivity index (χ3v) is 7.52. The molecule has 4 bridgehead atoms. The first-order valence-electron chi connectivity index (χ1n) is 11.0. The second kappa shape index (κ2) is 7.06. The lowest BCUT2D eigenvalue weighted by Crippen LogP contribution is -2.48. The molecule has 0 spiro atoms. The summed E-state index contributed by atoms with van der Waals surface area (Å²) in [6.07, 6.45) is 14.5. The lowest BCUT2D eigenvalue weighted by molar-refractivity contribution is -0.129. The average Bonchev–Trinajstić information content (AvgIpc) is 2.66. The number of amides is 1. The number of rotatable bonds is 5. The van der Waals surface area contributed by atoms with E-state index in [1.165, 1.54) is 57.8 Å². The Morgan fingerprint density at radius 3 is 2.41 bits per heavy atom. The smallest absolute Gasteiger partial charge is 0.220 e. The van der Waals surface area contributed by atoms with Crippen molar-refractivity contribution in [2.45, 2.75) is 70.8 Å². The molecule has 1 aliphatic heterocycles. The normalized spacial score (nSPS) is 34.7. The van der Waals surface area contributed by atoms with E-state index in [0.29, 0.717) is 18.4 Å². The van der Waals surface area contributed by atoms with Gasteiger partial charge in [0.15, 0.2) is 0 Å². The van der Waals surface area contributed by atoms with Crippen LogP contribution < -0.4 is 10.2 Å². The number of aromatic nitrogens is 2. The van der Waals surface area contributed by atoms with Gasteiger partial charge in [0, 0.05) is 25.7 Å². The molecule has 1 amide bonds. The largest absolute Gasteiger partial charge is 0.357 e. The maximum absolute atomic E-state index is 12.7. The fraction of sp³-hybridized carbons (Fsp3) is 0.773. The number of piperidine rings is 1. The van der Waals surface area contributed by atoms with Gasteiger partial charge in [-0.15, -0.1) is 0 Å². The molecule has 5 nitrogen and oxygen atoms in total. The first kappa shape index (κ1) is 17.4. The summed E-state index contributed by atoms with van der Waals surface area (Å²) in [5.74, 6) is 4.63. The molecule has 2 heterocycles. The number of carbonyl (C=O) groups excluding carboxylic acids is 1. The molecule has 27 heavy (non-hydrogen) atoms.